The molecule has 3 rings (SSSR count). The van der Waals surface area contributed by atoms with Crippen molar-refractivity contribution in [1.82, 2.24) is 9.97 Å². The maximum absolute atomic E-state index is 6.25. The molecular formula is C16H12Cl2N2. The molecule has 0 aliphatic heterocycles. The van der Waals surface area contributed by atoms with Crippen molar-refractivity contribution in [3.8, 4) is 11.4 Å². The maximum atomic E-state index is 6.25. The first kappa shape index (κ1) is 13.3. The van der Waals surface area contributed by atoms with Crippen LogP contribution in [0.4, 0.5) is 0 Å². The number of fused-ring (bicyclic) bond motifs is 1. The molecule has 2 aromatic carbocycles. The van der Waals surface area contributed by atoms with E-state index in [1.807, 2.05) is 38.1 Å². The zero-order valence-electron chi connectivity index (χ0n) is 11.1. The van der Waals surface area contributed by atoms with E-state index < -0.39 is 0 Å². The van der Waals surface area contributed by atoms with Crippen LogP contribution in [0.3, 0.4) is 0 Å². The Hall–Kier alpha value is -1.64. The van der Waals surface area contributed by atoms with Gasteiger partial charge in [-0.2, -0.15) is 0 Å². The van der Waals surface area contributed by atoms with Gasteiger partial charge in [0.05, 0.1) is 10.5 Å². The van der Waals surface area contributed by atoms with Crippen LogP contribution in [-0.2, 0) is 0 Å². The zero-order chi connectivity index (χ0) is 14.3. The minimum absolute atomic E-state index is 0.423. The highest BCUT2D eigenvalue weighted by Gasteiger charge is 2.10. The third-order valence-corrected chi connectivity index (χ3v) is 3.70. The molecule has 0 radical (unpaired) electrons. The van der Waals surface area contributed by atoms with Crippen LogP contribution in [0, 0.1) is 13.8 Å². The molecule has 0 saturated carbocycles. The number of aryl methyl sites for hydroxylation is 2. The third-order valence-electron chi connectivity index (χ3n) is 3.11. The van der Waals surface area contributed by atoms with Crippen LogP contribution in [0.2, 0.25) is 10.2 Å². The van der Waals surface area contributed by atoms with Crippen LogP contribution < -0.4 is 0 Å². The van der Waals surface area contributed by atoms with Crippen molar-refractivity contribution >= 4 is 34.1 Å². The number of benzene rings is 2. The quantitative estimate of drug-likeness (QED) is 0.576. The molecule has 0 aliphatic carbocycles. The van der Waals surface area contributed by atoms with E-state index in [-0.39, 0.29) is 0 Å². The average Bonchev–Trinajstić information content (AvgIpc) is 2.38. The van der Waals surface area contributed by atoms with Gasteiger partial charge in [0.2, 0.25) is 0 Å². The van der Waals surface area contributed by atoms with Crippen LogP contribution in [0.25, 0.3) is 22.3 Å². The van der Waals surface area contributed by atoms with Gasteiger partial charge in [-0.05, 0) is 38.1 Å². The topological polar surface area (TPSA) is 25.8 Å². The molecule has 0 unspecified atom stereocenters. The first-order valence-electron chi connectivity index (χ1n) is 6.25. The Morgan fingerprint density at radius 1 is 0.900 bits per heavy atom. The summed E-state index contributed by atoms with van der Waals surface area (Å²) in [4.78, 5) is 8.95. The first-order valence-corrected chi connectivity index (χ1v) is 7.00. The van der Waals surface area contributed by atoms with Crippen molar-refractivity contribution in [2.45, 2.75) is 13.8 Å². The predicted molar refractivity (Wildman–Crippen MR) is 84.5 cm³/mol. The summed E-state index contributed by atoms with van der Waals surface area (Å²) in [7, 11) is 0. The Bertz CT molecular complexity index is 793. The van der Waals surface area contributed by atoms with E-state index in [0.717, 1.165) is 10.9 Å². The molecule has 100 valence electrons. The molecule has 0 aliphatic rings. The average molecular weight is 303 g/mol. The number of aromatic nitrogens is 2. The summed E-state index contributed by atoms with van der Waals surface area (Å²) in [5.74, 6) is 0.599. The number of rotatable bonds is 1. The van der Waals surface area contributed by atoms with Gasteiger partial charge in [-0.3, -0.25) is 0 Å². The fourth-order valence-corrected chi connectivity index (χ4v) is 2.76. The second kappa shape index (κ2) is 5.04. The van der Waals surface area contributed by atoms with Crippen LogP contribution in [-0.4, -0.2) is 9.97 Å². The molecule has 0 fully saturated rings. The fraction of sp³-hybridized carbons (Fsp3) is 0.125. The van der Waals surface area contributed by atoms with Crippen LogP contribution in [0.5, 0.6) is 0 Å². The molecule has 2 nitrogen and oxygen atoms in total. The van der Waals surface area contributed by atoms with Gasteiger partial charge in [0, 0.05) is 10.9 Å². The van der Waals surface area contributed by atoms with E-state index >= 15 is 0 Å². The summed E-state index contributed by atoms with van der Waals surface area (Å²) in [6, 6.07) is 11.7. The monoisotopic (exact) mass is 302 g/mol. The lowest BCUT2D eigenvalue weighted by Gasteiger charge is -2.07. The summed E-state index contributed by atoms with van der Waals surface area (Å²) < 4.78 is 0. The number of halogens is 2. The van der Waals surface area contributed by atoms with E-state index in [4.69, 9.17) is 23.2 Å². The second-order valence-electron chi connectivity index (χ2n) is 4.85. The standard InChI is InChI=1S/C16H12Cl2N2/c1-9-6-10(2)8-11(7-9)16-19-14-12(15(18)20-16)4-3-5-13(14)17/h3-8H,1-2H3. The molecule has 3 aromatic rings. The Balaban J connectivity index is 2.29. The Morgan fingerprint density at radius 2 is 1.60 bits per heavy atom. The highest BCUT2D eigenvalue weighted by atomic mass is 35.5. The van der Waals surface area contributed by atoms with Gasteiger partial charge in [0.25, 0.3) is 0 Å². The lowest BCUT2D eigenvalue weighted by Crippen LogP contribution is -1.93. The van der Waals surface area contributed by atoms with Gasteiger partial charge in [0.15, 0.2) is 5.82 Å². The van der Waals surface area contributed by atoms with Crippen molar-refractivity contribution in [1.29, 1.82) is 0 Å². The summed E-state index contributed by atoms with van der Waals surface area (Å²) in [6.45, 7) is 4.10. The Kier molecular flexibility index (Phi) is 3.36. The molecule has 20 heavy (non-hydrogen) atoms. The molecule has 0 bridgehead atoms. The SMILES string of the molecule is Cc1cc(C)cc(-c2nc(Cl)c3cccc(Cl)c3n2)c1. The smallest absolute Gasteiger partial charge is 0.161 e. The molecule has 4 heteroatoms. The van der Waals surface area contributed by atoms with Crippen molar-refractivity contribution in [3.63, 3.8) is 0 Å². The molecule has 0 atom stereocenters. The van der Waals surface area contributed by atoms with Crippen LogP contribution in [0.1, 0.15) is 11.1 Å². The van der Waals surface area contributed by atoms with Gasteiger partial charge in [0.1, 0.15) is 5.15 Å². The molecule has 0 N–H and O–H groups in total. The predicted octanol–water partition coefficient (Wildman–Crippen LogP) is 5.22. The Labute approximate surface area is 127 Å². The molecule has 0 saturated heterocycles. The fourth-order valence-electron chi connectivity index (χ4n) is 2.31. The largest absolute Gasteiger partial charge is 0.226 e. The van der Waals surface area contributed by atoms with E-state index in [1.165, 1.54) is 11.1 Å². The summed E-state index contributed by atoms with van der Waals surface area (Å²) in [5, 5.41) is 1.77. The van der Waals surface area contributed by atoms with E-state index in [1.54, 1.807) is 6.07 Å². The van der Waals surface area contributed by atoms with Gasteiger partial charge in [-0.15, -0.1) is 0 Å². The summed E-state index contributed by atoms with van der Waals surface area (Å²) in [5.41, 5.74) is 3.97. The number of hydrogen-bond acceptors (Lipinski definition) is 2. The molecular weight excluding hydrogens is 291 g/mol. The number of para-hydroxylation sites is 1. The Morgan fingerprint density at radius 3 is 2.30 bits per heavy atom. The first-order chi connectivity index (χ1) is 9.54. The van der Waals surface area contributed by atoms with Gasteiger partial charge in [-0.1, -0.05) is 46.5 Å². The van der Waals surface area contributed by atoms with Crippen molar-refractivity contribution in [2.24, 2.45) is 0 Å². The normalized spacial score (nSPS) is 11.0. The third kappa shape index (κ3) is 2.37. The molecule has 0 spiro atoms. The molecule has 1 aromatic heterocycles. The minimum Gasteiger partial charge on any atom is -0.226 e. The second-order valence-corrected chi connectivity index (χ2v) is 5.62. The lowest BCUT2D eigenvalue weighted by molar-refractivity contribution is 1.22. The number of nitrogens with zero attached hydrogens (tertiary/aromatic N) is 2. The van der Waals surface area contributed by atoms with Crippen LogP contribution >= 0.6 is 23.2 Å². The van der Waals surface area contributed by atoms with Gasteiger partial charge < -0.3 is 0 Å². The van der Waals surface area contributed by atoms with E-state index in [9.17, 15) is 0 Å². The molecule has 0 amide bonds. The highest BCUT2D eigenvalue weighted by molar-refractivity contribution is 6.38. The highest BCUT2D eigenvalue weighted by Crippen LogP contribution is 2.29. The van der Waals surface area contributed by atoms with Crippen molar-refractivity contribution < 1.29 is 0 Å². The van der Waals surface area contributed by atoms with Crippen molar-refractivity contribution in [3.05, 3.63) is 57.7 Å². The number of hydrogen-bond donors (Lipinski definition) is 0. The van der Waals surface area contributed by atoms with E-state index in [0.29, 0.717) is 21.5 Å². The summed E-state index contributed by atoms with van der Waals surface area (Å²) in [6.07, 6.45) is 0. The van der Waals surface area contributed by atoms with Gasteiger partial charge in [-0.25, -0.2) is 9.97 Å². The van der Waals surface area contributed by atoms with Crippen LogP contribution in [0.15, 0.2) is 36.4 Å². The van der Waals surface area contributed by atoms with E-state index in [2.05, 4.69) is 16.0 Å². The maximum Gasteiger partial charge on any atom is 0.161 e. The minimum atomic E-state index is 0.423. The summed E-state index contributed by atoms with van der Waals surface area (Å²) >= 11 is 12.5. The zero-order valence-corrected chi connectivity index (χ0v) is 12.6. The molecule has 1 heterocycles. The lowest BCUT2D eigenvalue weighted by atomic mass is 10.1. The van der Waals surface area contributed by atoms with Gasteiger partial charge >= 0.3 is 0 Å². The van der Waals surface area contributed by atoms with Crippen molar-refractivity contribution in [2.75, 3.05) is 0 Å².